The predicted octanol–water partition coefficient (Wildman–Crippen LogP) is 1.79. The zero-order valence-corrected chi connectivity index (χ0v) is 12.6. The first-order chi connectivity index (χ1) is 10.7. The van der Waals surface area contributed by atoms with Gasteiger partial charge in [-0.25, -0.2) is 4.79 Å². The lowest BCUT2D eigenvalue weighted by molar-refractivity contribution is -0.150. The van der Waals surface area contributed by atoms with Gasteiger partial charge >= 0.3 is 5.97 Å². The zero-order valence-electron chi connectivity index (χ0n) is 12.6. The molecule has 1 rings (SSSR count). The standard InChI is InChI=1S/C16H20N2O4/c1-2-3-6-9-18-15(19)11-22-16(20)12-21-14-8-5-4-7-13(14)10-17/h4-5,7-8H,2-3,6,9,11-12H2,1H3,(H,18,19). The molecule has 0 atom stereocenters. The summed E-state index contributed by atoms with van der Waals surface area (Å²) in [6, 6.07) is 8.54. The van der Waals surface area contributed by atoms with Gasteiger partial charge in [0.1, 0.15) is 11.8 Å². The van der Waals surface area contributed by atoms with Gasteiger partial charge in [0.2, 0.25) is 0 Å². The molecule has 6 heteroatoms. The first-order valence-electron chi connectivity index (χ1n) is 7.21. The molecule has 1 aromatic rings. The lowest BCUT2D eigenvalue weighted by atomic mass is 10.2. The Kier molecular flexibility index (Phi) is 8.13. The van der Waals surface area contributed by atoms with Crippen molar-refractivity contribution in [2.24, 2.45) is 0 Å². The summed E-state index contributed by atoms with van der Waals surface area (Å²) >= 11 is 0. The molecule has 0 unspecified atom stereocenters. The number of ether oxygens (including phenoxy) is 2. The molecule has 0 aromatic heterocycles. The van der Waals surface area contributed by atoms with Crippen LogP contribution in [0.1, 0.15) is 31.7 Å². The van der Waals surface area contributed by atoms with Crippen LogP contribution < -0.4 is 10.1 Å². The first kappa shape index (κ1) is 17.5. The molecule has 0 bridgehead atoms. The third-order valence-electron chi connectivity index (χ3n) is 2.82. The van der Waals surface area contributed by atoms with E-state index in [0.717, 1.165) is 19.3 Å². The van der Waals surface area contributed by atoms with E-state index in [1.54, 1.807) is 24.3 Å². The highest BCUT2D eigenvalue weighted by atomic mass is 16.6. The number of carbonyl (C=O) groups excluding carboxylic acids is 2. The molecule has 0 saturated carbocycles. The molecule has 0 radical (unpaired) electrons. The number of amides is 1. The molecular formula is C16H20N2O4. The SMILES string of the molecule is CCCCCNC(=O)COC(=O)COc1ccccc1C#N. The normalized spacial score (nSPS) is 9.64. The molecule has 0 aliphatic rings. The number of nitriles is 1. The Morgan fingerprint density at radius 2 is 2.00 bits per heavy atom. The zero-order chi connectivity index (χ0) is 16.2. The van der Waals surface area contributed by atoms with Gasteiger partial charge in [-0.2, -0.15) is 5.26 Å². The summed E-state index contributed by atoms with van der Waals surface area (Å²) in [6.45, 7) is 1.99. The van der Waals surface area contributed by atoms with Crippen LogP contribution in [0.25, 0.3) is 0 Å². The first-order valence-corrected chi connectivity index (χ1v) is 7.21. The molecule has 118 valence electrons. The summed E-state index contributed by atoms with van der Waals surface area (Å²) in [5.74, 6) is -0.677. The van der Waals surface area contributed by atoms with Crippen molar-refractivity contribution in [2.75, 3.05) is 19.8 Å². The summed E-state index contributed by atoms with van der Waals surface area (Å²) in [5, 5.41) is 11.5. The Morgan fingerprint density at radius 3 is 2.73 bits per heavy atom. The van der Waals surface area contributed by atoms with Gasteiger partial charge in [0.25, 0.3) is 5.91 Å². The second-order valence-electron chi connectivity index (χ2n) is 4.61. The van der Waals surface area contributed by atoms with Crippen molar-refractivity contribution >= 4 is 11.9 Å². The van der Waals surface area contributed by atoms with Crippen molar-refractivity contribution in [1.29, 1.82) is 5.26 Å². The fraction of sp³-hybridized carbons (Fsp3) is 0.438. The number of hydrogen-bond acceptors (Lipinski definition) is 5. The van der Waals surface area contributed by atoms with Crippen LogP contribution in [0.3, 0.4) is 0 Å². The number of carbonyl (C=O) groups is 2. The Morgan fingerprint density at radius 1 is 1.23 bits per heavy atom. The Hall–Kier alpha value is -2.55. The monoisotopic (exact) mass is 304 g/mol. The fourth-order valence-electron chi connectivity index (χ4n) is 1.66. The summed E-state index contributed by atoms with van der Waals surface area (Å²) in [4.78, 5) is 22.9. The van der Waals surface area contributed by atoms with Crippen molar-refractivity contribution in [3.8, 4) is 11.8 Å². The van der Waals surface area contributed by atoms with Crippen LogP contribution in [0.5, 0.6) is 5.75 Å². The van der Waals surface area contributed by atoms with Crippen molar-refractivity contribution in [3.05, 3.63) is 29.8 Å². The Balaban J connectivity index is 2.24. The molecular weight excluding hydrogens is 284 g/mol. The highest BCUT2D eigenvalue weighted by Crippen LogP contribution is 2.16. The van der Waals surface area contributed by atoms with Crippen LogP contribution in [0.2, 0.25) is 0 Å². The van der Waals surface area contributed by atoms with E-state index in [2.05, 4.69) is 12.2 Å². The highest BCUT2D eigenvalue weighted by molar-refractivity contribution is 5.80. The number of hydrogen-bond donors (Lipinski definition) is 1. The number of nitrogens with one attached hydrogen (secondary N) is 1. The maximum absolute atomic E-state index is 11.5. The molecule has 0 aliphatic carbocycles. The summed E-state index contributed by atoms with van der Waals surface area (Å²) in [6.07, 6.45) is 3.03. The Bertz CT molecular complexity index is 537. The minimum absolute atomic E-state index is 0.311. The van der Waals surface area contributed by atoms with E-state index in [-0.39, 0.29) is 19.1 Å². The van der Waals surface area contributed by atoms with E-state index < -0.39 is 5.97 Å². The summed E-state index contributed by atoms with van der Waals surface area (Å²) < 4.78 is 10.0. The molecule has 0 fully saturated rings. The summed E-state index contributed by atoms with van der Waals surface area (Å²) in [7, 11) is 0. The van der Waals surface area contributed by atoms with Gasteiger partial charge in [-0.05, 0) is 18.6 Å². The van der Waals surface area contributed by atoms with Crippen molar-refractivity contribution < 1.29 is 19.1 Å². The number of rotatable bonds is 9. The van der Waals surface area contributed by atoms with Gasteiger partial charge in [0, 0.05) is 6.54 Å². The second kappa shape index (κ2) is 10.2. The van der Waals surface area contributed by atoms with Gasteiger partial charge in [-0.15, -0.1) is 0 Å². The molecule has 6 nitrogen and oxygen atoms in total. The van der Waals surface area contributed by atoms with Crippen molar-refractivity contribution in [2.45, 2.75) is 26.2 Å². The smallest absolute Gasteiger partial charge is 0.344 e. The van der Waals surface area contributed by atoms with Gasteiger partial charge in [-0.3, -0.25) is 4.79 Å². The van der Waals surface area contributed by atoms with E-state index in [0.29, 0.717) is 17.9 Å². The number of unbranched alkanes of at least 4 members (excludes halogenated alkanes) is 2. The average Bonchev–Trinajstić information content (AvgIpc) is 2.55. The number of nitrogens with zero attached hydrogens (tertiary/aromatic N) is 1. The third kappa shape index (κ3) is 6.75. The molecule has 0 saturated heterocycles. The fourth-order valence-corrected chi connectivity index (χ4v) is 1.66. The number of benzene rings is 1. The van der Waals surface area contributed by atoms with Crippen LogP contribution >= 0.6 is 0 Å². The molecule has 0 spiro atoms. The molecule has 1 N–H and O–H groups in total. The van der Waals surface area contributed by atoms with Crippen LogP contribution in [0, 0.1) is 11.3 Å². The van der Waals surface area contributed by atoms with Gasteiger partial charge in [0.15, 0.2) is 13.2 Å². The van der Waals surface area contributed by atoms with E-state index >= 15 is 0 Å². The molecule has 1 aromatic carbocycles. The average molecular weight is 304 g/mol. The van der Waals surface area contributed by atoms with E-state index in [9.17, 15) is 9.59 Å². The molecule has 0 heterocycles. The lowest BCUT2D eigenvalue weighted by Crippen LogP contribution is -2.30. The van der Waals surface area contributed by atoms with E-state index in [1.165, 1.54) is 0 Å². The van der Waals surface area contributed by atoms with Crippen LogP contribution in [-0.4, -0.2) is 31.6 Å². The maximum atomic E-state index is 11.5. The van der Waals surface area contributed by atoms with Gasteiger partial charge < -0.3 is 14.8 Å². The van der Waals surface area contributed by atoms with E-state index in [4.69, 9.17) is 14.7 Å². The maximum Gasteiger partial charge on any atom is 0.344 e. The summed E-state index contributed by atoms with van der Waals surface area (Å²) in [5.41, 5.74) is 0.337. The topological polar surface area (TPSA) is 88.4 Å². The van der Waals surface area contributed by atoms with Crippen molar-refractivity contribution in [3.63, 3.8) is 0 Å². The lowest BCUT2D eigenvalue weighted by Gasteiger charge is -2.08. The molecule has 0 aliphatic heterocycles. The molecule has 22 heavy (non-hydrogen) atoms. The van der Waals surface area contributed by atoms with Crippen LogP contribution in [-0.2, 0) is 14.3 Å². The van der Waals surface area contributed by atoms with Crippen molar-refractivity contribution in [1.82, 2.24) is 5.32 Å². The minimum atomic E-state index is -0.656. The Labute approximate surface area is 130 Å². The van der Waals surface area contributed by atoms with Crippen LogP contribution in [0.4, 0.5) is 0 Å². The minimum Gasteiger partial charge on any atom is -0.481 e. The van der Waals surface area contributed by atoms with Gasteiger partial charge in [0.05, 0.1) is 5.56 Å². The van der Waals surface area contributed by atoms with Crippen LogP contribution in [0.15, 0.2) is 24.3 Å². The number of para-hydroxylation sites is 1. The third-order valence-corrected chi connectivity index (χ3v) is 2.82. The van der Waals surface area contributed by atoms with E-state index in [1.807, 2.05) is 6.07 Å². The molecule has 1 amide bonds. The number of esters is 1. The van der Waals surface area contributed by atoms with Gasteiger partial charge in [-0.1, -0.05) is 31.9 Å². The quantitative estimate of drug-likeness (QED) is 0.555. The largest absolute Gasteiger partial charge is 0.481 e. The highest BCUT2D eigenvalue weighted by Gasteiger charge is 2.09. The second-order valence-corrected chi connectivity index (χ2v) is 4.61. The predicted molar refractivity (Wildman–Crippen MR) is 80.1 cm³/mol.